The van der Waals surface area contributed by atoms with Gasteiger partial charge in [-0.15, -0.1) is 0 Å². The van der Waals surface area contributed by atoms with E-state index < -0.39 is 5.69 Å². The van der Waals surface area contributed by atoms with Gasteiger partial charge in [-0.3, -0.25) is 0 Å². The quantitative estimate of drug-likeness (QED) is 0.342. The van der Waals surface area contributed by atoms with Gasteiger partial charge in [-0.05, 0) is 18.2 Å². The summed E-state index contributed by atoms with van der Waals surface area (Å²) < 4.78 is 4.66. The summed E-state index contributed by atoms with van der Waals surface area (Å²) in [6.07, 6.45) is 0.486. The van der Waals surface area contributed by atoms with E-state index >= 15 is 0 Å². The van der Waals surface area contributed by atoms with Crippen molar-refractivity contribution >= 4 is 29.7 Å². The van der Waals surface area contributed by atoms with E-state index in [4.69, 9.17) is 10.00 Å². The minimum absolute atomic E-state index is 0.0448. The van der Waals surface area contributed by atoms with Gasteiger partial charge in [0.15, 0.2) is 0 Å². The molecule has 0 aromatic heterocycles. The molecule has 1 atom stereocenters. The number of aliphatic hydroxyl groups excluding tert-OH is 1. The van der Waals surface area contributed by atoms with Gasteiger partial charge < -0.3 is 14.5 Å². The van der Waals surface area contributed by atoms with Gasteiger partial charge in [-0.1, -0.05) is 12.2 Å². The number of thiol groups is 1. The lowest BCUT2D eigenvalue weighted by molar-refractivity contribution is 0.236. The molecule has 0 radical (unpaired) electrons. The third-order valence-electron chi connectivity index (χ3n) is 0.562. The van der Waals surface area contributed by atoms with Crippen molar-refractivity contribution in [1.29, 1.82) is 0 Å². The zero-order valence-corrected chi connectivity index (χ0v) is 7.33. The van der Waals surface area contributed by atoms with Gasteiger partial charge >= 0.3 is 0 Å². The summed E-state index contributed by atoms with van der Waals surface area (Å²) in [7, 11) is 0. The molecule has 0 rings (SSSR count). The minimum Gasteiger partial charge on any atom is -0.396 e. The third kappa shape index (κ3) is 8.88. The van der Waals surface area contributed by atoms with E-state index in [1.165, 1.54) is 0 Å². The molecule has 0 bridgehead atoms. The molecule has 0 aliphatic carbocycles. The summed E-state index contributed by atoms with van der Waals surface area (Å²) in [6.45, 7) is 0.316. The Hall–Kier alpha value is 0.880. The maximum absolute atomic E-state index is 8.73. The first-order chi connectivity index (χ1) is 4.06. The predicted octanol–water partition coefficient (Wildman–Crippen LogP) is 0.532. The first kappa shape index (κ1) is 9.88. The van der Waals surface area contributed by atoms with Crippen molar-refractivity contribution < 1.29 is 14.5 Å². The summed E-state index contributed by atoms with van der Waals surface area (Å²) in [5, 5.41) is 8.25. The van der Waals surface area contributed by atoms with E-state index in [1.807, 2.05) is 0 Å². The first-order valence-corrected chi connectivity index (χ1v) is 6.20. The molecule has 56 valence electrons. The SMILES string of the molecule is OCCCOP(O)(=S)S. The fraction of sp³-hybridized carbons (Fsp3) is 1.00. The molecule has 0 aliphatic rings. The van der Waals surface area contributed by atoms with Crippen LogP contribution in [0.25, 0.3) is 0 Å². The van der Waals surface area contributed by atoms with Crippen molar-refractivity contribution in [2.75, 3.05) is 13.2 Å². The van der Waals surface area contributed by atoms with Gasteiger partial charge in [-0.2, -0.15) is 0 Å². The molecule has 1 unspecified atom stereocenters. The highest BCUT2D eigenvalue weighted by molar-refractivity contribution is 8.59. The summed E-state index contributed by atoms with van der Waals surface area (Å²) >= 11 is 8.03. The molecule has 3 nitrogen and oxygen atoms in total. The topological polar surface area (TPSA) is 49.7 Å². The van der Waals surface area contributed by atoms with Gasteiger partial charge in [0.05, 0.1) is 6.61 Å². The van der Waals surface area contributed by atoms with E-state index in [2.05, 4.69) is 28.6 Å². The molecule has 0 aromatic rings. The Morgan fingerprint density at radius 1 is 1.67 bits per heavy atom. The lowest BCUT2D eigenvalue weighted by Gasteiger charge is -2.06. The molecule has 0 aromatic carbocycles. The van der Waals surface area contributed by atoms with Crippen LogP contribution in [0, 0.1) is 0 Å². The summed E-state index contributed by atoms with van der Waals surface area (Å²) in [4.78, 5) is 8.73. The van der Waals surface area contributed by atoms with Gasteiger partial charge in [0.25, 0.3) is 0 Å². The lowest BCUT2D eigenvalue weighted by atomic mass is 10.5. The maximum atomic E-state index is 8.73. The Kier molecular flexibility index (Phi) is 5.11. The molecular formula is C3H9O3PS2. The first-order valence-electron chi connectivity index (χ1n) is 2.37. The van der Waals surface area contributed by atoms with Crippen LogP contribution >= 0.6 is 17.9 Å². The average Bonchev–Trinajstić information content (AvgIpc) is 1.63. The van der Waals surface area contributed by atoms with Gasteiger partial charge in [-0.25, -0.2) is 0 Å². The van der Waals surface area contributed by atoms with Crippen LogP contribution in [0.15, 0.2) is 0 Å². The Morgan fingerprint density at radius 3 is 2.56 bits per heavy atom. The molecule has 0 amide bonds. The zero-order chi connectivity index (χ0) is 7.33. The monoisotopic (exact) mass is 188 g/mol. The highest BCUT2D eigenvalue weighted by Gasteiger charge is 2.03. The molecule has 0 saturated carbocycles. The summed E-state index contributed by atoms with van der Waals surface area (Å²) in [5.74, 6) is 0. The van der Waals surface area contributed by atoms with Crippen LogP contribution in [-0.2, 0) is 16.3 Å². The van der Waals surface area contributed by atoms with Crippen molar-refractivity contribution in [3.05, 3.63) is 0 Å². The second-order valence-electron chi connectivity index (χ2n) is 1.40. The van der Waals surface area contributed by atoms with E-state index in [-0.39, 0.29) is 13.2 Å². The Morgan fingerprint density at radius 2 is 2.22 bits per heavy atom. The zero-order valence-electron chi connectivity index (χ0n) is 4.73. The molecule has 0 saturated heterocycles. The smallest absolute Gasteiger partial charge is 0.241 e. The van der Waals surface area contributed by atoms with Gasteiger partial charge in [0.1, 0.15) is 0 Å². The Balaban J connectivity index is 3.18. The molecule has 2 N–H and O–H groups in total. The number of hydrogen-bond donors (Lipinski definition) is 3. The van der Waals surface area contributed by atoms with Crippen LogP contribution < -0.4 is 0 Å². The number of rotatable bonds is 4. The molecule has 0 aliphatic heterocycles. The molecular weight excluding hydrogens is 179 g/mol. The molecule has 9 heavy (non-hydrogen) atoms. The Labute approximate surface area is 64.4 Å². The van der Waals surface area contributed by atoms with E-state index in [0.29, 0.717) is 6.42 Å². The largest absolute Gasteiger partial charge is 0.396 e. The van der Waals surface area contributed by atoms with E-state index in [9.17, 15) is 0 Å². The molecule has 6 heteroatoms. The molecule has 0 spiro atoms. The van der Waals surface area contributed by atoms with Gasteiger partial charge in [0, 0.05) is 6.61 Å². The molecule has 0 heterocycles. The maximum Gasteiger partial charge on any atom is 0.241 e. The second-order valence-corrected chi connectivity index (χ2v) is 6.56. The normalized spacial score (nSPS) is 17.2. The van der Waals surface area contributed by atoms with Crippen molar-refractivity contribution in [2.45, 2.75) is 6.42 Å². The van der Waals surface area contributed by atoms with Crippen LogP contribution in [0.2, 0.25) is 0 Å². The van der Waals surface area contributed by atoms with Crippen LogP contribution in [0.1, 0.15) is 6.42 Å². The fourth-order valence-electron chi connectivity index (χ4n) is 0.248. The molecule has 0 fully saturated rings. The van der Waals surface area contributed by atoms with E-state index in [1.54, 1.807) is 0 Å². The van der Waals surface area contributed by atoms with Crippen molar-refractivity contribution in [1.82, 2.24) is 0 Å². The average molecular weight is 188 g/mol. The van der Waals surface area contributed by atoms with Crippen LogP contribution in [0.5, 0.6) is 0 Å². The number of hydrogen-bond acceptors (Lipinski definition) is 3. The van der Waals surface area contributed by atoms with Gasteiger partial charge in [0.2, 0.25) is 5.69 Å². The summed E-state index contributed by atoms with van der Waals surface area (Å²) in [6, 6.07) is 0. The van der Waals surface area contributed by atoms with Crippen molar-refractivity contribution in [3.8, 4) is 0 Å². The fourth-order valence-corrected chi connectivity index (χ4v) is 1.08. The predicted molar refractivity (Wildman–Crippen MR) is 43.1 cm³/mol. The second kappa shape index (κ2) is 4.66. The standard InChI is InChI=1S/C3H9O3PS2/c4-2-1-3-6-7(5,8)9/h4H,1-3H2,(H2,5,8,9). The third-order valence-corrected chi connectivity index (χ3v) is 1.74. The number of aliphatic hydroxyl groups is 1. The van der Waals surface area contributed by atoms with Crippen LogP contribution in [-0.4, -0.2) is 23.2 Å². The highest BCUT2D eigenvalue weighted by atomic mass is 32.9. The minimum atomic E-state index is -2.78. The van der Waals surface area contributed by atoms with Crippen molar-refractivity contribution in [3.63, 3.8) is 0 Å². The highest BCUT2D eigenvalue weighted by Crippen LogP contribution is 2.47. The lowest BCUT2D eigenvalue weighted by Crippen LogP contribution is -1.92. The summed E-state index contributed by atoms with van der Waals surface area (Å²) in [5.41, 5.74) is -2.78. The van der Waals surface area contributed by atoms with Crippen LogP contribution in [0.4, 0.5) is 0 Å². The van der Waals surface area contributed by atoms with Crippen LogP contribution in [0.3, 0.4) is 0 Å². The Bertz CT molecular complexity index is 112. The van der Waals surface area contributed by atoms with Crippen molar-refractivity contribution in [2.24, 2.45) is 0 Å². The van der Waals surface area contributed by atoms with E-state index in [0.717, 1.165) is 0 Å².